The van der Waals surface area contributed by atoms with Crippen molar-refractivity contribution >= 4 is 24.1 Å². The summed E-state index contributed by atoms with van der Waals surface area (Å²) in [6, 6.07) is -1.17. The van der Waals surface area contributed by atoms with Gasteiger partial charge in [-0.1, -0.05) is 13.8 Å². The minimum atomic E-state index is -1.19. The van der Waals surface area contributed by atoms with Gasteiger partial charge in [0.15, 0.2) is 6.04 Å². The number of aliphatic imine (C=N–C) groups is 1. The number of carboxylic acid groups (broad SMARTS) is 1. The van der Waals surface area contributed by atoms with E-state index in [2.05, 4.69) is 15.6 Å². The number of nitrogens with zero attached hydrogens (tertiary/aromatic N) is 1. The van der Waals surface area contributed by atoms with Crippen molar-refractivity contribution in [2.45, 2.75) is 72.6 Å². The molecule has 0 aromatic heterocycles. The van der Waals surface area contributed by atoms with Gasteiger partial charge in [-0.05, 0) is 47.5 Å². The number of rotatable bonds is 3. The van der Waals surface area contributed by atoms with Crippen LogP contribution in [0.15, 0.2) is 4.99 Å². The van der Waals surface area contributed by atoms with Gasteiger partial charge in [0, 0.05) is 0 Å². The number of alkyl carbamates (subject to hydrolysis) is 2. The van der Waals surface area contributed by atoms with Gasteiger partial charge in [-0.25, -0.2) is 19.4 Å². The van der Waals surface area contributed by atoms with Crippen molar-refractivity contribution in [3.05, 3.63) is 0 Å². The SMILES string of the molecule is CC(C)[C@H](N=C(NC(=O)OC(C)(C)C)NC(=O)OC(C)(C)C)C(=O)O. The Morgan fingerprint density at radius 2 is 1.24 bits per heavy atom. The average Bonchev–Trinajstić information content (AvgIpc) is 2.29. The van der Waals surface area contributed by atoms with Crippen LogP contribution < -0.4 is 10.6 Å². The second-order valence-corrected chi connectivity index (χ2v) is 7.76. The predicted octanol–water partition coefficient (Wildman–Crippen LogP) is 2.50. The van der Waals surface area contributed by atoms with Gasteiger partial charge in [-0.15, -0.1) is 0 Å². The zero-order valence-electron chi connectivity index (χ0n) is 16.1. The first kappa shape index (κ1) is 22.7. The van der Waals surface area contributed by atoms with Crippen LogP contribution >= 0.6 is 0 Å². The molecule has 0 bridgehead atoms. The molecule has 144 valence electrons. The number of carboxylic acids is 1. The van der Waals surface area contributed by atoms with Crippen LogP contribution in [0.4, 0.5) is 9.59 Å². The first-order valence-electron chi connectivity index (χ1n) is 7.91. The predicted molar refractivity (Wildman–Crippen MR) is 92.4 cm³/mol. The summed E-state index contributed by atoms with van der Waals surface area (Å²) in [7, 11) is 0. The number of aliphatic carboxylic acids is 1. The summed E-state index contributed by atoms with van der Waals surface area (Å²) in [5.74, 6) is -1.91. The molecule has 0 aromatic carbocycles. The first-order valence-corrected chi connectivity index (χ1v) is 7.91. The highest BCUT2D eigenvalue weighted by Gasteiger charge is 2.25. The van der Waals surface area contributed by atoms with Gasteiger partial charge in [0.1, 0.15) is 11.2 Å². The largest absolute Gasteiger partial charge is 0.480 e. The molecular formula is C16H29N3O6. The molecular weight excluding hydrogens is 330 g/mol. The maximum atomic E-state index is 11.9. The third kappa shape index (κ3) is 11.0. The van der Waals surface area contributed by atoms with Gasteiger partial charge in [0.25, 0.3) is 0 Å². The normalized spacial score (nSPS) is 12.8. The molecule has 0 spiro atoms. The summed E-state index contributed by atoms with van der Waals surface area (Å²) in [4.78, 5) is 39.0. The highest BCUT2D eigenvalue weighted by molar-refractivity contribution is 6.02. The van der Waals surface area contributed by atoms with Gasteiger partial charge in [-0.3, -0.25) is 10.6 Å². The Kier molecular flexibility index (Phi) is 7.88. The lowest BCUT2D eigenvalue weighted by Gasteiger charge is -2.23. The van der Waals surface area contributed by atoms with E-state index in [9.17, 15) is 19.5 Å². The smallest absolute Gasteiger partial charge is 0.414 e. The molecule has 0 fully saturated rings. The molecule has 0 saturated carbocycles. The van der Waals surface area contributed by atoms with Crippen LogP contribution in [-0.4, -0.2) is 46.5 Å². The van der Waals surface area contributed by atoms with Crippen LogP contribution in [-0.2, 0) is 14.3 Å². The van der Waals surface area contributed by atoms with Crippen LogP contribution in [0, 0.1) is 5.92 Å². The minimum absolute atomic E-state index is 0.357. The second kappa shape index (κ2) is 8.68. The highest BCUT2D eigenvalue weighted by atomic mass is 16.6. The van der Waals surface area contributed by atoms with E-state index in [0.717, 1.165) is 0 Å². The molecule has 0 heterocycles. The van der Waals surface area contributed by atoms with Gasteiger partial charge in [-0.2, -0.15) is 0 Å². The fourth-order valence-electron chi connectivity index (χ4n) is 1.52. The Balaban J connectivity index is 5.39. The third-order valence-corrected chi connectivity index (χ3v) is 2.39. The standard InChI is InChI=1S/C16H29N3O6/c1-9(2)10(11(20)21)17-12(18-13(22)24-15(3,4)5)19-14(23)25-16(6,7)8/h9-10H,1-8H3,(H,20,21)(H2,17,18,19,22,23)/t10-/m0/s1. The van der Waals surface area contributed by atoms with E-state index in [1.165, 1.54) is 0 Å². The monoisotopic (exact) mass is 359 g/mol. The van der Waals surface area contributed by atoms with Crippen LogP contribution in [0.1, 0.15) is 55.4 Å². The Labute approximate surface area is 148 Å². The van der Waals surface area contributed by atoms with Crippen molar-refractivity contribution in [1.82, 2.24) is 10.6 Å². The van der Waals surface area contributed by atoms with Gasteiger partial charge in [0.2, 0.25) is 5.96 Å². The number of ether oxygens (including phenoxy) is 2. The van der Waals surface area contributed by atoms with Crippen molar-refractivity contribution < 1.29 is 29.0 Å². The highest BCUT2D eigenvalue weighted by Crippen LogP contribution is 2.09. The summed E-state index contributed by atoms with van der Waals surface area (Å²) in [6.45, 7) is 13.3. The number of hydrogen-bond donors (Lipinski definition) is 3. The van der Waals surface area contributed by atoms with Crippen molar-refractivity contribution in [3.8, 4) is 0 Å². The summed E-state index contributed by atoms with van der Waals surface area (Å²) >= 11 is 0. The summed E-state index contributed by atoms with van der Waals surface area (Å²) in [6.07, 6.45) is -1.76. The number of hydrogen-bond acceptors (Lipinski definition) is 6. The van der Waals surface area contributed by atoms with E-state index in [0.29, 0.717) is 0 Å². The Bertz CT molecular complexity index is 497. The van der Waals surface area contributed by atoms with Gasteiger partial charge < -0.3 is 14.6 Å². The summed E-state index contributed by atoms with van der Waals surface area (Å²) in [5.41, 5.74) is -1.54. The van der Waals surface area contributed by atoms with Crippen LogP contribution in [0.2, 0.25) is 0 Å². The lowest BCUT2D eigenvalue weighted by atomic mass is 10.1. The molecule has 2 amide bonds. The molecule has 0 rings (SSSR count). The van der Waals surface area contributed by atoms with Crippen molar-refractivity contribution in [2.75, 3.05) is 0 Å². The second-order valence-electron chi connectivity index (χ2n) is 7.76. The lowest BCUT2D eigenvalue weighted by molar-refractivity contribution is -0.139. The molecule has 9 heteroatoms. The van der Waals surface area contributed by atoms with Crippen LogP contribution in [0.3, 0.4) is 0 Å². The van der Waals surface area contributed by atoms with Gasteiger partial charge in [0.05, 0.1) is 0 Å². The quantitative estimate of drug-likeness (QED) is 0.525. The summed E-state index contributed by atoms with van der Waals surface area (Å²) in [5, 5.41) is 13.7. The average molecular weight is 359 g/mol. The zero-order valence-corrected chi connectivity index (χ0v) is 16.1. The Morgan fingerprint density at radius 1 is 0.880 bits per heavy atom. The number of nitrogens with one attached hydrogen (secondary N) is 2. The van der Waals surface area contributed by atoms with E-state index in [4.69, 9.17) is 9.47 Å². The van der Waals surface area contributed by atoms with Crippen molar-refractivity contribution in [2.24, 2.45) is 10.9 Å². The van der Waals surface area contributed by atoms with E-state index in [1.54, 1.807) is 55.4 Å². The fraction of sp³-hybridized carbons (Fsp3) is 0.750. The summed E-state index contributed by atoms with van der Waals surface area (Å²) < 4.78 is 10.2. The minimum Gasteiger partial charge on any atom is -0.480 e. The molecule has 1 atom stereocenters. The molecule has 0 aromatic rings. The maximum Gasteiger partial charge on any atom is 0.414 e. The third-order valence-electron chi connectivity index (χ3n) is 2.39. The molecule has 0 aliphatic carbocycles. The maximum absolute atomic E-state index is 11.9. The molecule has 0 aliphatic rings. The van der Waals surface area contributed by atoms with Crippen molar-refractivity contribution in [1.29, 1.82) is 0 Å². The number of amides is 2. The van der Waals surface area contributed by atoms with Crippen LogP contribution in [0.5, 0.6) is 0 Å². The fourth-order valence-corrected chi connectivity index (χ4v) is 1.52. The zero-order chi connectivity index (χ0) is 20.0. The molecule has 25 heavy (non-hydrogen) atoms. The van der Waals surface area contributed by atoms with E-state index in [1.807, 2.05) is 0 Å². The van der Waals surface area contributed by atoms with Gasteiger partial charge >= 0.3 is 18.2 Å². The lowest BCUT2D eigenvalue weighted by Crippen LogP contribution is -2.48. The molecule has 9 nitrogen and oxygen atoms in total. The van der Waals surface area contributed by atoms with E-state index in [-0.39, 0.29) is 11.9 Å². The number of guanidine groups is 1. The molecule has 0 radical (unpaired) electrons. The van der Waals surface area contributed by atoms with Crippen LogP contribution in [0.25, 0.3) is 0 Å². The topological polar surface area (TPSA) is 126 Å². The number of carbonyl (C=O) groups is 3. The molecule has 3 N–H and O–H groups in total. The molecule has 0 aliphatic heterocycles. The van der Waals surface area contributed by atoms with Crippen molar-refractivity contribution in [3.63, 3.8) is 0 Å². The molecule has 0 unspecified atom stereocenters. The first-order chi connectivity index (χ1) is 11.1. The number of carbonyl (C=O) groups excluding carboxylic acids is 2. The Hall–Kier alpha value is -2.32. The Morgan fingerprint density at radius 3 is 1.48 bits per heavy atom. The molecule has 0 saturated heterocycles. The van der Waals surface area contributed by atoms with E-state index >= 15 is 0 Å². The van der Waals surface area contributed by atoms with E-state index < -0.39 is 35.4 Å².